The fraction of sp³-hybridized carbons (Fsp3) is 0.167. The molecule has 2 aromatic heterocycles. The third-order valence-electron chi connectivity index (χ3n) is 2.25. The van der Waals surface area contributed by atoms with Gasteiger partial charge in [-0.3, -0.25) is 4.79 Å². The number of nitrogens with one attached hydrogen (secondary N) is 2. The third kappa shape index (κ3) is 3.30. The Hall–Kier alpha value is -1.40. The minimum atomic E-state index is -0.0581. The Morgan fingerprint density at radius 2 is 2.28 bits per heavy atom. The number of aromatic nitrogens is 1. The van der Waals surface area contributed by atoms with Gasteiger partial charge in [-0.25, -0.2) is 4.98 Å². The van der Waals surface area contributed by atoms with Gasteiger partial charge in [-0.15, -0.1) is 11.3 Å². The smallest absolute Gasteiger partial charge is 0.221 e. The molecule has 0 aliphatic carbocycles. The number of amides is 1. The van der Waals surface area contributed by atoms with E-state index in [0.717, 1.165) is 20.9 Å². The predicted octanol–water partition coefficient (Wildman–Crippen LogP) is 3.48. The number of halogens is 1. The van der Waals surface area contributed by atoms with Crippen molar-refractivity contribution in [1.29, 1.82) is 0 Å². The van der Waals surface area contributed by atoms with Crippen molar-refractivity contribution in [2.75, 3.05) is 10.6 Å². The van der Waals surface area contributed by atoms with Crippen molar-refractivity contribution in [3.8, 4) is 0 Å². The number of nitrogens with zero attached hydrogens (tertiary/aromatic N) is 1. The molecule has 94 valence electrons. The first-order valence-electron chi connectivity index (χ1n) is 5.35. The molecule has 2 heterocycles. The zero-order chi connectivity index (χ0) is 13.0. The lowest BCUT2D eigenvalue weighted by Gasteiger charge is -2.08. The van der Waals surface area contributed by atoms with Crippen LogP contribution in [-0.4, -0.2) is 10.9 Å². The lowest BCUT2D eigenvalue weighted by Crippen LogP contribution is -2.08. The SMILES string of the molecule is CC(=O)Nc1ccsc1CNc1cccnc1Br. The Bertz CT molecular complexity index is 556. The fourth-order valence-corrected chi connectivity index (χ4v) is 2.63. The van der Waals surface area contributed by atoms with Crippen LogP contribution in [0.5, 0.6) is 0 Å². The summed E-state index contributed by atoms with van der Waals surface area (Å²) in [4.78, 5) is 16.3. The van der Waals surface area contributed by atoms with Gasteiger partial charge in [-0.05, 0) is 39.5 Å². The maximum absolute atomic E-state index is 11.0. The number of carbonyl (C=O) groups excluding carboxylic acids is 1. The molecule has 0 atom stereocenters. The summed E-state index contributed by atoms with van der Waals surface area (Å²) in [7, 11) is 0. The molecule has 6 heteroatoms. The molecule has 4 nitrogen and oxygen atoms in total. The number of hydrogen-bond acceptors (Lipinski definition) is 4. The summed E-state index contributed by atoms with van der Waals surface area (Å²) in [5.74, 6) is -0.0581. The van der Waals surface area contributed by atoms with Crippen molar-refractivity contribution in [2.24, 2.45) is 0 Å². The molecule has 0 saturated carbocycles. The van der Waals surface area contributed by atoms with Gasteiger partial charge >= 0.3 is 0 Å². The number of rotatable bonds is 4. The van der Waals surface area contributed by atoms with E-state index in [1.807, 2.05) is 23.6 Å². The Balaban J connectivity index is 2.05. The summed E-state index contributed by atoms with van der Waals surface area (Å²) in [5.41, 5.74) is 1.79. The van der Waals surface area contributed by atoms with Crippen LogP contribution >= 0.6 is 27.3 Å². The van der Waals surface area contributed by atoms with Gasteiger partial charge in [-0.1, -0.05) is 0 Å². The molecular formula is C12H12BrN3OS. The van der Waals surface area contributed by atoms with E-state index in [1.54, 1.807) is 17.5 Å². The molecule has 2 rings (SSSR count). The van der Waals surface area contributed by atoms with E-state index < -0.39 is 0 Å². The van der Waals surface area contributed by atoms with Crippen LogP contribution in [0.25, 0.3) is 0 Å². The fourth-order valence-electron chi connectivity index (χ4n) is 1.47. The summed E-state index contributed by atoms with van der Waals surface area (Å²) in [6.07, 6.45) is 1.73. The van der Waals surface area contributed by atoms with Crippen molar-refractivity contribution < 1.29 is 4.79 Å². The molecule has 0 fully saturated rings. The molecule has 2 N–H and O–H groups in total. The minimum Gasteiger partial charge on any atom is -0.378 e. The third-order valence-corrected chi connectivity index (χ3v) is 3.81. The molecule has 0 bridgehead atoms. The standard InChI is InChI=1S/C12H12BrN3OS/c1-8(17)16-9-4-6-18-11(9)7-15-10-3-2-5-14-12(10)13/h2-6,15H,7H2,1H3,(H,16,17). The summed E-state index contributed by atoms with van der Waals surface area (Å²) in [5, 5.41) is 8.05. The van der Waals surface area contributed by atoms with Crippen LogP contribution in [-0.2, 0) is 11.3 Å². The monoisotopic (exact) mass is 325 g/mol. The second-order valence-corrected chi connectivity index (χ2v) is 5.39. The average Bonchev–Trinajstić information content (AvgIpc) is 2.75. The van der Waals surface area contributed by atoms with Gasteiger partial charge < -0.3 is 10.6 Å². The summed E-state index contributed by atoms with van der Waals surface area (Å²) in [6, 6.07) is 5.72. The van der Waals surface area contributed by atoms with Crippen LogP contribution in [0.2, 0.25) is 0 Å². The van der Waals surface area contributed by atoms with Gasteiger partial charge in [0.1, 0.15) is 4.60 Å². The highest BCUT2D eigenvalue weighted by Crippen LogP contribution is 2.25. The van der Waals surface area contributed by atoms with Crippen molar-refractivity contribution in [2.45, 2.75) is 13.5 Å². The Kier molecular flexibility index (Phi) is 4.33. The van der Waals surface area contributed by atoms with Crippen molar-refractivity contribution >= 4 is 44.5 Å². The highest BCUT2D eigenvalue weighted by atomic mass is 79.9. The molecule has 1 amide bonds. The van der Waals surface area contributed by atoms with Gasteiger partial charge in [0, 0.05) is 18.0 Å². The summed E-state index contributed by atoms with van der Waals surface area (Å²) < 4.78 is 0.780. The zero-order valence-corrected chi connectivity index (χ0v) is 12.1. The lowest BCUT2D eigenvalue weighted by atomic mass is 10.3. The van der Waals surface area contributed by atoms with Gasteiger partial charge in [0.2, 0.25) is 5.91 Å². The van der Waals surface area contributed by atoms with Crippen LogP contribution in [0, 0.1) is 0 Å². The van der Waals surface area contributed by atoms with E-state index in [0.29, 0.717) is 6.54 Å². The Morgan fingerprint density at radius 1 is 1.44 bits per heavy atom. The molecule has 18 heavy (non-hydrogen) atoms. The van der Waals surface area contributed by atoms with Crippen LogP contribution in [0.3, 0.4) is 0 Å². The van der Waals surface area contributed by atoms with E-state index in [-0.39, 0.29) is 5.91 Å². The molecule has 0 saturated heterocycles. The highest BCUT2D eigenvalue weighted by molar-refractivity contribution is 9.10. The predicted molar refractivity (Wildman–Crippen MR) is 77.9 cm³/mol. The molecule has 0 aromatic carbocycles. The number of hydrogen-bond donors (Lipinski definition) is 2. The molecular weight excluding hydrogens is 314 g/mol. The molecule has 0 spiro atoms. The molecule has 0 aliphatic heterocycles. The number of anilines is 2. The van der Waals surface area contributed by atoms with Crippen molar-refractivity contribution in [3.05, 3.63) is 39.3 Å². The number of pyridine rings is 1. The van der Waals surface area contributed by atoms with E-state index >= 15 is 0 Å². The molecule has 0 unspecified atom stereocenters. The zero-order valence-electron chi connectivity index (χ0n) is 9.74. The quantitative estimate of drug-likeness (QED) is 0.846. The van der Waals surface area contributed by atoms with Crippen LogP contribution in [0.1, 0.15) is 11.8 Å². The Morgan fingerprint density at radius 3 is 3.00 bits per heavy atom. The minimum absolute atomic E-state index is 0.0581. The van der Waals surface area contributed by atoms with Gasteiger partial charge in [0.05, 0.1) is 17.9 Å². The van der Waals surface area contributed by atoms with Crippen molar-refractivity contribution in [3.63, 3.8) is 0 Å². The average molecular weight is 326 g/mol. The lowest BCUT2D eigenvalue weighted by molar-refractivity contribution is -0.114. The van der Waals surface area contributed by atoms with Gasteiger partial charge in [0.15, 0.2) is 0 Å². The van der Waals surface area contributed by atoms with Crippen LogP contribution < -0.4 is 10.6 Å². The van der Waals surface area contributed by atoms with E-state index in [1.165, 1.54) is 6.92 Å². The summed E-state index contributed by atoms with van der Waals surface area (Å²) >= 11 is 4.98. The first-order chi connectivity index (χ1) is 8.66. The highest BCUT2D eigenvalue weighted by Gasteiger charge is 2.06. The van der Waals surface area contributed by atoms with E-state index in [9.17, 15) is 4.79 Å². The maximum Gasteiger partial charge on any atom is 0.221 e. The molecule has 0 radical (unpaired) electrons. The van der Waals surface area contributed by atoms with Gasteiger partial charge in [-0.2, -0.15) is 0 Å². The topological polar surface area (TPSA) is 54.0 Å². The van der Waals surface area contributed by atoms with Gasteiger partial charge in [0.25, 0.3) is 0 Å². The first kappa shape index (κ1) is 13.0. The Labute approximate surface area is 118 Å². The molecule has 2 aromatic rings. The second-order valence-electron chi connectivity index (χ2n) is 3.63. The van der Waals surface area contributed by atoms with Crippen LogP contribution in [0.15, 0.2) is 34.4 Å². The maximum atomic E-state index is 11.0. The normalized spacial score (nSPS) is 10.1. The number of thiophene rings is 1. The van der Waals surface area contributed by atoms with E-state index in [2.05, 4.69) is 31.5 Å². The van der Waals surface area contributed by atoms with Crippen LogP contribution in [0.4, 0.5) is 11.4 Å². The van der Waals surface area contributed by atoms with E-state index in [4.69, 9.17) is 0 Å². The molecule has 0 aliphatic rings. The second kappa shape index (κ2) is 5.97. The largest absolute Gasteiger partial charge is 0.378 e. The first-order valence-corrected chi connectivity index (χ1v) is 7.02. The number of carbonyl (C=O) groups is 1. The summed E-state index contributed by atoms with van der Waals surface area (Å²) in [6.45, 7) is 2.16. The van der Waals surface area contributed by atoms with Crippen molar-refractivity contribution in [1.82, 2.24) is 4.98 Å².